The minimum Gasteiger partial charge on any atom is -0.475 e. The van der Waals surface area contributed by atoms with Crippen LogP contribution in [0, 0.1) is 0 Å². The van der Waals surface area contributed by atoms with Gasteiger partial charge in [-0.1, -0.05) is 13.0 Å². The Balaban J connectivity index is 1.47. The molecular weight excluding hydrogens is 416 g/mol. The molecule has 0 spiro atoms. The summed E-state index contributed by atoms with van der Waals surface area (Å²) in [5.74, 6) is 0.681. The number of nitrogens with zero attached hydrogens (tertiary/aromatic N) is 3. The lowest BCUT2D eigenvalue weighted by Crippen LogP contribution is -2.40. The van der Waals surface area contributed by atoms with Crippen molar-refractivity contribution >= 4 is 21.6 Å². The van der Waals surface area contributed by atoms with Gasteiger partial charge in [-0.2, -0.15) is 5.10 Å². The van der Waals surface area contributed by atoms with Gasteiger partial charge in [-0.15, -0.1) is 4.36 Å². The first-order valence-corrected chi connectivity index (χ1v) is 12.3. The van der Waals surface area contributed by atoms with Crippen LogP contribution in [0.4, 0.5) is 10.5 Å². The number of amides is 2. The van der Waals surface area contributed by atoms with Gasteiger partial charge in [0, 0.05) is 5.69 Å². The van der Waals surface area contributed by atoms with Crippen molar-refractivity contribution in [3.8, 4) is 5.88 Å². The molecule has 1 aliphatic heterocycles. The number of nitrogens with two attached hydrogens (primary N) is 1. The number of nitrogens with one attached hydrogen (secondary N) is 2. The molecule has 0 saturated carbocycles. The van der Waals surface area contributed by atoms with Crippen LogP contribution >= 0.6 is 0 Å². The molecule has 10 heteroatoms. The van der Waals surface area contributed by atoms with Gasteiger partial charge in [0.1, 0.15) is 11.5 Å². The maximum Gasteiger partial charge on any atom is 0.354 e. The third kappa shape index (κ3) is 3.52. The molecule has 2 aliphatic carbocycles. The van der Waals surface area contributed by atoms with E-state index in [1.165, 1.54) is 28.5 Å². The highest BCUT2D eigenvalue weighted by atomic mass is 32.2. The van der Waals surface area contributed by atoms with E-state index in [-0.39, 0.29) is 10.9 Å². The summed E-state index contributed by atoms with van der Waals surface area (Å²) in [5, 5.41) is 16.3. The number of anilines is 1. The van der Waals surface area contributed by atoms with Gasteiger partial charge in [-0.05, 0) is 67.3 Å². The number of ether oxygens (including phenoxy) is 1. The van der Waals surface area contributed by atoms with E-state index in [1.54, 1.807) is 4.68 Å². The summed E-state index contributed by atoms with van der Waals surface area (Å²) in [7, 11) is -1.67. The van der Waals surface area contributed by atoms with Crippen LogP contribution in [0.2, 0.25) is 0 Å². The Morgan fingerprint density at radius 2 is 2.19 bits per heavy atom. The summed E-state index contributed by atoms with van der Waals surface area (Å²) >= 11 is 0. The smallest absolute Gasteiger partial charge is 0.354 e. The fourth-order valence-electron chi connectivity index (χ4n) is 5.00. The van der Waals surface area contributed by atoms with E-state index in [9.17, 15) is 9.00 Å². The van der Waals surface area contributed by atoms with Crippen LogP contribution in [0.25, 0.3) is 0 Å². The highest BCUT2D eigenvalue weighted by Crippen LogP contribution is 2.44. The second-order valence-electron chi connectivity index (χ2n) is 8.64. The summed E-state index contributed by atoms with van der Waals surface area (Å²) in [6, 6.07) is 1.70. The standard InChI is InChI=1S/C21H28N6O3S/c1-12-6-7-14-8-13-4-3-5-16(13)19(18(12)14)25-21(28)26-31(22,29)17-9-24-27-10-15(23-2)11-30-20(17)27/h8-9,12,15,23H,3-7,10-11H2,1-2H3,(H3,22,25,26,28,29)/t12-,15+,31?/m1/s1. The van der Waals surface area contributed by atoms with Crippen LogP contribution in [0.15, 0.2) is 21.5 Å². The van der Waals surface area contributed by atoms with Crippen LogP contribution in [0.3, 0.4) is 0 Å². The molecule has 5 rings (SSSR count). The van der Waals surface area contributed by atoms with Crippen molar-refractivity contribution in [2.24, 2.45) is 9.50 Å². The van der Waals surface area contributed by atoms with Crippen LogP contribution in [0.1, 0.15) is 47.9 Å². The number of carbonyl (C=O) groups is 1. The minimum atomic E-state index is -3.51. The highest BCUT2D eigenvalue weighted by Gasteiger charge is 2.30. The Bertz CT molecular complexity index is 1180. The van der Waals surface area contributed by atoms with Crippen molar-refractivity contribution in [3.63, 3.8) is 0 Å². The summed E-state index contributed by atoms with van der Waals surface area (Å²) in [6.07, 6.45) is 6.50. The van der Waals surface area contributed by atoms with Crippen LogP contribution in [0.5, 0.6) is 5.88 Å². The normalized spacial score (nSPS) is 23.3. The van der Waals surface area contributed by atoms with Crippen LogP contribution < -0.4 is 20.5 Å². The largest absolute Gasteiger partial charge is 0.475 e. The van der Waals surface area contributed by atoms with E-state index in [2.05, 4.69) is 33.1 Å². The zero-order valence-corrected chi connectivity index (χ0v) is 18.6. The number of urea groups is 1. The third-order valence-corrected chi connectivity index (χ3v) is 7.96. The predicted molar refractivity (Wildman–Crippen MR) is 118 cm³/mol. The molecule has 1 unspecified atom stereocenters. The Hall–Kier alpha value is -2.43. The lowest BCUT2D eigenvalue weighted by molar-refractivity contribution is 0.184. The predicted octanol–water partition coefficient (Wildman–Crippen LogP) is 2.33. The SMILES string of the molecule is CN[C@@H]1COc2c(S(N)(=O)=NC(=O)Nc3c4c(cc5c3[C@H](C)CC5)CCC4)cnn2C1. The van der Waals surface area contributed by atoms with Crippen molar-refractivity contribution in [2.75, 3.05) is 19.0 Å². The van der Waals surface area contributed by atoms with Gasteiger partial charge in [0.15, 0.2) is 9.92 Å². The van der Waals surface area contributed by atoms with Gasteiger partial charge < -0.3 is 15.4 Å². The second kappa shape index (κ2) is 7.61. The molecule has 2 heterocycles. The number of aromatic nitrogens is 2. The van der Waals surface area contributed by atoms with Gasteiger partial charge in [0.25, 0.3) is 0 Å². The van der Waals surface area contributed by atoms with Crippen molar-refractivity contribution in [1.29, 1.82) is 0 Å². The zero-order chi connectivity index (χ0) is 21.8. The van der Waals surface area contributed by atoms with Gasteiger partial charge in [-0.3, -0.25) is 0 Å². The number of aryl methyl sites for hydroxylation is 2. The quantitative estimate of drug-likeness (QED) is 0.670. The van der Waals surface area contributed by atoms with Crippen LogP contribution in [-0.4, -0.2) is 39.7 Å². The highest BCUT2D eigenvalue weighted by molar-refractivity contribution is 7.91. The minimum absolute atomic E-state index is 0.0959. The lowest BCUT2D eigenvalue weighted by Gasteiger charge is -2.24. The molecule has 166 valence electrons. The molecule has 0 saturated heterocycles. The first-order valence-electron chi connectivity index (χ1n) is 10.8. The molecule has 2 aromatic rings. The van der Waals surface area contributed by atoms with E-state index in [0.717, 1.165) is 37.8 Å². The molecule has 3 aliphatic rings. The Morgan fingerprint density at radius 1 is 1.35 bits per heavy atom. The maximum atomic E-state index is 13.2. The fourth-order valence-corrected chi connectivity index (χ4v) is 6.01. The first kappa shape index (κ1) is 20.5. The molecule has 1 aromatic heterocycles. The number of likely N-dealkylation sites (N-methyl/N-ethyl adjacent to an activating group) is 1. The molecule has 9 nitrogen and oxygen atoms in total. The molecule has 0 radical (unpaired) electrons. The summed E-state index contributed by atoms with van der Waals surface area (Å²) in [5.41, 5.74) is 5.83. The maximum absolute atomic E-state index is 13.2. The van der Waals surface area contributed by atoms with Gasteiger partial charge >= 0.3 is 6.03 Å². The van der Waals surface area contributed by atoms with E-state index in [4.69, 9.17) is 9.88 Å². The molecule has 4 N–H and O–H groups in total. The van der Waals surface area contributed by atoms with Gasteiger partial charge in [-0.25, -0.2) is 18.8 Å². The molecule has 0 bridgehead atoms. The third-order valence-electron chi connectivity index (χ3n) is 6.61. The molecule has 1 aromatic carbocycles. The van der Waals surface area contributed by atoms with Gasteiger partial charge in [0.05, 0.1) is 18.8 Å². The van der Waals surface area contributed by atoms with E-state index >= 15 is 0 Å². The van der Waals surface area contributed by atoms with Crippen molar-refractivity contribution in [3.05, 3.63) is 34.5 Å². The monoisotopic (exact) mass is 444 g/mol. The van der Waals surface area contributed by atoms with Gasteiger partial charge in [0.2, 0.25) is 5.88 Å². The topological polar surface area (TPSA) is 124 Å². The lowest BCUT2D eigenvalue weighted by atomic mass is 9.95. The van der Waals surface area contributed by atoms with E-state index in [0.29, 0.717) is 24.9 Å². The van der Waals surface area contributed by atoms with Crippen molar-refractivity contribution in [2.45, 2.75) is 62.4 Å². The molecule has 0 fully saturated rings. The average molecular weight is 445 g/mol. The Labute approximate surface area is 182 Å². The number of benzene rings is 1. The Kier molecular flexibility index (Phi) is 5.03. The number of fused-ring (bicyclic) bond motifs is 3. The Morgan fingerprint density at radius 3 is 3.00 bits per heavy atom. The zero-order valence-electron chi connectivity index (χ0n) is 17.8. The summed E-state index contributed by atoms with van der Waals surface area (Å²) < 4.78 is 24.4. The fraction of sp³-hybridized carbons (Fsp3) is 0.524. The molecule has 31 heavy (non-hydrogen) atoms. The molecular formula is C21H28N6O3S. The molecule has 2 amide bonds. The van der Waals surface area contributed by atoms with E-state index < -0.39 is 15.9 Å². The molecule has 3 atom stereocenters. The number of carbonyl (C=O) groups excluding carboxylic acids is 1. The van der Waals surface area contributed by atoms with Crippen molar-refractivity contribution in [1.82, 2.24) is 15.1 Å². The van der Waals surface area contributed by atoms with Crippen molar-refractivity contribution < 1.29 is 13.7 Å². The first-order chi connectivity index (χ1) is 14.9. The van der Waals surface area contributed by atoms with E-state index in [1.807, 2.05) is 7.05 Å². The summed E-state index contributed by atoms with van der Waals surface area (Å²) in [4.78, 5) is 13.0. The average Bonchev–Trinajstić information content (AvgIpc) is 3.45. The summed E-state index contributed by atoms with van der Waals surface area (Å²) in [6.45, 7) is 3.14. The van der Waals surface area contributed by atoms with Crippen LogP contribution in [-0.2, 0) is 35.7 Å². The number of hydrogen-bond acceptors (Lipinski definition) is 5. The number of hydrogen-bond donors (Lipinski definition) is 3. The number of rotatable bonds is 3. The second-order valence-corrected chi connectivity index (χ2v) is 10.4.